The van der Waals surface area contributed by atoms with Crippen LogP contribution in [0.4, 0.5) is 0 Å². The van der Waals surface area contributed by atoms with Crippen molar-refractivity contribution >= 4 is 5.91 Å². The monoisotopic (exact) mass is 175 g/mol. The molecule has 0 saturated carbocycles. The summed E-state index contributed by atoms with van der Waals surface area (Å²) >= 11 is 0. The second-order valence-electron chi connectivity index (χ2n) is 3.29. The lowest BCUT2D eigenvalue weighted by atomic mass is 10.2. The van der Waals surface area contributed by atoms with Gasteiger partial charge in [0, 0.05) is 8.42 Å². The lowest BCUT2D eigenvalue weighted by Crippen LogP contribution is -2.43. The fourth-order valence-electron chi connectivity index (χ4n) is 0.576. The smallest absolute Gasteiger partial charge is 0.239 e. The number of carbonyl (C=O) groups excluding carboxylic acids is 1. The summed E-state index contributed by atoms with van der Waals surface area (Å²) in [6, 6.07) is -0.657. The lowest BCUT2D eigenvalue weighted by Gasteiger charge is -2.21. The Labute approximate surface area is 74.9 Å². The van der Waals surface area contributed by atoms with E-state index in [4.69, 9.17) is 11.8 Å². The van der Waals surface area contributed by atoms with Gasteiger partial charge in [0.1, 0.15) is 6.04 Å². The van der Waals surface area contributed by atoms with E-state index in [1.807, 2.05) is 0 Å². The van der Waals surface area contributed by atoms with Gasteiger partial charge in [0.25, 0.3) is 0 Å². The summed E-state index contributed by atoms with van der Waals surface area (Å²) < 4.78 is 12.4. The second kappa shape index (κ2) is 4.42. The molecule has 0 spiro atoms. The van der Waals surface area contributed by atoms with E-state index in [1.165, 1.54) is 7.05 Å². The van der Waals surface area contributed by atoms with E-state index in [0.29, 0.717) is 0 Å². The number of ether oxygens (including phenoxy) is 1. The van der Waals surface area contributed by atoms with Gasteiger partial charge in [-0.2, -0.15) is 0 Å². The summed E-state index contributed by atoms with van der Waals surface area (Å²) in [6.45, 7) is 3.87. The molecular formula is C8H18N2O2. The third kappa shape index (κ3) is 5.09. The molecule has 3 N–H and O–H groups in total. The molecule has 1 atom stereocenters. The normalized spacial score (nSPS) is 15.2. The molecule has 0 aromatic rings. The van der Waals surface area contributed by atoms with Crippen molar-refractivity contribution in [2.75, 3.05) is 13.7 Å². The molecule has 1 amide bonds. The van der Waals surface area contributed by atoms with E-state index in [0.717, 1.165) is 0 Å². The highest BCUT2D eigenvalue weighted by molar-refractivity contribution is 5.81. The highest BCUT2D eigenvalue weighted by Crippen LogP contribution is 2.06. The van der Waals surface area contributed by atoms with Crippen LogP contribution in [-0.4, -0.2) is 31.2 Å². The molecule has 72 valence electrons. The Bertz CT molecular complexity index is 174. The summed E-state index contributed by atoms with van der Waals surface area (Å²) in [6.07, 6.45) is 0. The number of nitrogens with one attached hydrogen (secondary N) is 1. The Kier molecular flexibility index (Phi) is 3.49. The standard InChI is InChI=1S/C8H18N2O2/c1-8(2,3)12-5-6(9)7(11)10-4/h6H,5,9H2,1-4H3,(H,10,11)/t6-/m0/s1/i1D. The fraction of sp³-hybridized carbons (Fsp3) is 0.875. The van der Waals surface area contributed by atoms with Gasteiger partial charge in [-0.25, -0.2) is 0 Å². The fourth-order valence-corrected chi connectivity index (χ4v) is 0.576. The van der Waals surface area contributed by atoms with Crippen LogP contribution in [0.3, 0.4) is 0 Å². The quantitative estimate of drug-likeness (QED) is 0.628. The van der Waals surface area contributed by atoms with Crippen LogP contribution in [-0.2, 0) is 9.53 Å². The Morgan fingerprint density at radius 2 is 2.42 bits per heavy atom. The van der Waals surface area contributed by atoms with E-state index in [1.54, 1.807) is 13.8 Å². The van der Waals surface area contributed by atoms with Crippen molar-refractivity contribution in [3.05, 3.63) is 0 Å². The first-order chi connectivity index (χ1) is 5.93. The minimum atomic E-state index is -0.657. The maximum Gasteiger partial charge on any atom is 0.239 e. The number of rotatable bonds is 3. The molecule has 0 rings (SSSR count). The van der Waals surface area contributed by atoms with Crippen molar-refractivity contribution in [1.82, 2.24) is 5.32 Å². The zero-order chi connectivity index (χ0) is 10.5. The molecule has 12 heavy (non-hydrogen) atoms. The predicted octanol–water partition coefficient (Wildman–Crippen LogP) is -0.125. The molecule has 0 radical (unpaired) electrons. The molecule has 4 nitrogen and oxygen atoms in total. The van der Waals surface area contributed by atoms with Gasteiger partial charge in [-0.15, -0.1) is 0 Å². The van der Waals surface area contributed by atoms with Gasteiger partial charge in [0.05, 0.1) is 12.2 Å². The second-order valence-corrected chi connectivity index (χ2v) is 3.29. The molecule has 0 unspecified atom stereocenters. The first kappa shape index (κ1) is 9.48. The number of carbonyl (C=O) groups is 1. The van der Waals surface area contributed by atoms with Gasteiger partial charge in [0.15, 0.2) is 0 Å². The Morgan fingerprint density at radius 3 is 2.83 bits per heavy atom. The Morgan fingerprint density at radius 1 is 1.83 bits per heavy atom. The lowest BCUT2D eigenvalue weighted by molar-refractivity contribution is -0.124. The Balaban J connectivity index is 3.82. The third-order valence-electron chi connectivity index (χ3n) is 1.24. The van der Waals surface area contributed by atoms with E-state index >= 15 is 0 Å². The summed E-state index contributed by atoms with van der Waals surface area (Å²) in [5, 5.41) is 2.43. The van der Waals surface area contributed by atoms with Gasteiger partial charge >= 0.3 is 0 Å². The number of amides is 1. The van der Waals surface area contributed by atoms with Crippen LogP contribution >= 0.6 is 0 Å². The van der Waals surface area contributed by atoms with Crippen molar-refractivity contribution in [2.24, 2.45) is 5.73 Å². The minimum absolute atomic E-state index is 0.144. The molecule has 0 aromatic heterocycles. The highest BCUT2D eigenvalue weighted by Gasteiger charge is 2.16. The zero-order valence-electron chi connectivity index (χ0n) is 8.89. The van der Waals surface area contributed by atoms with Crippen molar-refractivity contribution < 1.29 is 10.9 Å². The van der Waals surface area contributed by atoms with Crippen LogP contribution in [0.2, 0.25) is 0 Å². The average molecular weight is 175 g/mol. The van der Waals surface area contributed by atoms with Crippen LogP contribution in [0.5, 0.6) is 0 Å². The van der Waals surface area contributed by atoms with E-state index < -0.39 is 11.6 Å². The molecular weight excluding hydrogens is 156 g/mol. The number of likely N-dealkylation sites (N-methyl/N-ethyl adjacent to an activating group) is 1. The third-order valence-corrected chi connectivity index (χ3v) is 1.24. The molecule has 0 aliphatic heterocycles. The average Bonchev–Trinajstić information content (AvgIpc) is 2.13. The molecule has 0 heterocycles. The summed E-state index contributed by atoms with van der Waals surface area (Å²) in [5.74, 6) is -0.249. The summed E-state index contributed by atoms with van der Waals surface area (Å²) in [4.78, 5) is 11.0. The van der Waals surface area contributed by atoms with Crippen LogP contribution < -0.4 is 11.1 Å². The SMILES string of the molecule is [2H]CC(C)(C)OC[C@H](N)C(=O)NC. The summed E-state index contributed by atoms with van der Waals surface area (Å²) in [7, 11) is 1.53. The molecule has 0 aliphatic carbocycles. The first-order valence-electron chi connectivity index (χ1n) is 4.54. The van der Waals surface area contributed by atoms with Crippen molar-refractivity contribution in [1.29, 1.82) is 0 Å². The maximum absolute atomic E-state index is 11.0. The van der Waals surface area contributed by atoms with Gasteiger partial charge in [-0.3, -0.25) is 4.79 Å². The number of nitrogens with two attached hydrogens (primary N) is 1. The first-order valence-corrected chi connectivity index (χ1v) is 3.83. The van der Waals surface area contributed by atoms with Crippen LogP contribution in [0.25, 0.3) is 0 Å². The van der Waals surface area contributed by atoms with Crippen molar-refractivity contribution in [2.45, 2.75) is 32.4 Å². The topological polar surface area (TPSA) is 64.3 Å². The minimum Gasteiger partial charge on any atom is -0.374 e. The van der Waals surface area contributed by atoms with Gasteiger partial charge in [0.2, 0.25) is 5.91 Å². The van der Waals surface area contributed by atoms with Gasteiger partial charge in [-0.05, 0) is 20.7 Å². The van der Waals surface area contributed by atoms with Crippen molar-refractivity contribution in [3.63, 3.8) is 0 Å². The van der Waals surface area contributed by atoms with Crippen LogP contribution in [0.15, 0.2) is 0 Å². The molecule has 0 bridgehead atoms. The Hall–Kier alpha value is -0.610. The number of hydrogen-bond acceptors (Lipinski definition) is 3. The zero-order valence-corrected chi connectivity index (χ0v) is 7.89. The summed E-state index contributed by atoms with van der Waals surface area (Å²) in [5.41, 5.74) is 4.96. The molecule has 0 fully saturated rings. The number of hydrogen-bond donors (Lipinski definition) is 2. The molecule has 0 aliphatic rings. The maximum atomic E-state index is 11.0. The van der Waals surface area contributed by atoms with E-state index in [9.17, 15) is 4.79 Å². The van der Waals surface area contributed by atoms with Crippen LogP contribution in [0.1, 0.15) is 22.1 Å². The highest BCUT2D eigenvalue weighted by atomic mass is 16.5. The molecule has 4 heteroatoms. The van der Waals surface area contributed by atoms with E-state index in [2.05, 4.69) is 5.32 Å². The van der Waals surface area contributed by atoms with Crippen molar-refractivity contribution in [3.8, 4) is 0 Å². The molecule has 0 aromatic carbocycles. The van der Waals surface area contributed by atoms with Gasteiger partial charge < -0.3 is 15.8 Å². The van der Waals surface area contributed by atoms with Gasteiger partial charge in [-0.1, -0.05) is 0 Å². The van der Waals surface area contributed by atoms with E-state index in [-0.39, 0.29) is 19.4 Å². The predicted molar refractivity (Wildman–Crippen MR) is 47.7 cm³/mol. The largest absolute Gasteiger partial charge is 0.374 e. The molecule has 0 saturated heterocycles. The van der Waals surface area contributed by atoms with Crippen LogP contribution in [0, 0.1) is 0 Å².